The van der Waals surface area contributed by atoms with E-state index in [1.54, 1.807) is 18.2 Å². The maximum Gasteiger partial charge on any atom is 0.491 e. The van der Waals surface area contributed by atoms with Crippen LogP contribution in [0.2, 0.25) is 5.02 Å². The second-order valence-electron chi connectivity index (χ2n) is 5.13. The van der Waals surface area contributed by atoms with E-state index in [-0.39, 0.29) is 5.92 Å². The van der Waals surface area contributed by atoms with Crippen molar-refractivity contribution < 1.29 is 14.5 Å². The van der Waals surface area contributed by atoms with Crippen molar-refractivity contribution in [2.45, 2.75) is 33.3 Å². The molecule has 0 saturated heterocycles. The van der Waals surface area contributed by atoms with Gasteiger partial charge in [-0.15, -0.1) is 0 Å². The molecule has 0 bridgehead atoms. The standard InChI is InChI=1S/C13H18BClO3/c1-9(2)13(3,4)18-14(17)11-6-5-10(8-16)12(15)7-11/h5-9,17H,1-4H3. The maximum absolute atomic E-state index is 10.6. The van der Waals surface area contributed by atoms with Gasteiger partial charge in [0.2, 0.25) is 0 Å². The third kappa shape index (κ3) is 3.58. The second kappa shape index (κ2) is 5.87. The highest BCUT2D eigenvalue weighted by atomic mass is 35.5. The van der Waals surface area contributed by atoms with E-state index in [9.17, 15) is 9.82 Å². The van der Waals surface area contributed by atoms with Crippen molar-refractivity contribution in [2.24, 2.45) is 5.92 Å². The molecular weight excluding hydrogens is 250 g/mol. The van der Waals surface area contributed by atoms with E-state index >= 15 is 0 Å². The Bertz CT molecular complexity index is 432. The van der Waals surface area contributed by atoms with Crippen LogP contribution in [0.25, 0.3) is 0 Å². The summed E-state index contributed by atoms with van der Waals surface area (Å²) in [6.07, 6.45) is 0.678. The Morgan fingerprint density at radius 3 is 2.50 bits per heavy atom. The quantitative estimate of drug-likeness (QED) is 0.658. The van der Waals surface area contributed by atoms with Crippen molar-refractivity contribution in [3.05, 3.63) is 28.8 Å². The summed E-state index contributed by atoms with van der Waals surface area (Å²) in [5, 5.41) is 10.3. The molecule has 0 aliphatic heterocycles. The lowest BCUT2D eigenvalue weighted by molar-refractivity contribution is 0.0423. The van der Waals surface area contributed by atoms with Crippen LogP contribution < -0.4 is 5.46 Å². The van der Waals surface area contributed by atoms with Crippen molar-refractivity contribution >= 4 is 30.5 Å². The molecule has 0 aliphatic carbocycles. The van der Waals surface area contributed by atoms with Gasteiger partial charge in [-0.3, -0.25) is 4.79 Å². The first-order valence-corrected chi connectivity index (χ1v) is 6.26. The summed E-state index contributed by atoms with van der Waals surface area (Å²) in [4.78, 5) is 10.6. The monoisotopic (exact) mass is 268 g/mol. The molecule has 0 amide bonds. The average molecular weight is 269 g/mol. The molecule has 18 heavy (non-hydrogen) atoms. The minimum absolute atomic E-state index is 0.261. The van der Waals surface area contributed by atoms with Gasteiger partial charge < -0.3 is 9.68 Å². The minimum atomic E-state index is -1.05. The molecule has 98 valence electrons. The summed E-state index contributed by atoms with van der Waals surface area (Å²) in [5.74, 6) is 0.261. The van der Waals surface area contributed by atoms with E-state index in [1.165, 1.54) is 0 Å². The van der Waals surface area contributed by atoms with Crippen LogP contribution in [0.3, 0.4) is 0 Å². The van der Waals surface area contributed by atoms with Gasteiger partial charge in [0.15, 0.2) is 6.29 Å². The number of carbonyl (C=O) groups excluding carboxylic acids is 1. The first-order valence-electron chi connectivity index (χ1n) is 5.88. The van der Waals surface area contributed by atoms with Gasteiger partial charge in [-0.2, -0.15) is 0 Å². The highest BCUT2D eigenvalue weighted by molar-refractivity contribution is 6.60. The Morgan fingerprint density at radius 1 is 1.44 bits per heavy atom. The Kier molecular flexibility index (Phi) is 4.96. The van der Waals surface area contributed by atoms with Crippen molar-refractivity contribution in [2.75, 3.05) is 0 Å². The topological polar surface area (TPSA) is 46.5 Å². The van der Waals surface area contributed by atoms with Crippen LogP contribution >= 0.6 is 11.6 Å². The van der Waals surface area contributed by atoms with Crippen LogP contribution in [0.1, 0.15) is 38.1 Å². The van der Waals surface area contributed by atoms with E-state index in [0.29, 0.717) is 22.3 Å². The molecular formula is C13H18BClO3. The predicted molar refractivity (Wildman–Crippen MR) is 74.4 cm³/mol. The highest BCUT2D eigenvalue weighted by Gasteiger charge is 2.30. The molecule has 0 atom stereocenters. The molecule has 0 unspecified atom stereocenters. The summed E-state index contributed by atoms with van der Waals surface area (Å²) in [5.41, 5.74) is 0.491. The third-order valence-corrected chi connectivity index (χ3v) is 3.57. The zero-order chi connectivity index (χ0) is 13.9. The first-order chi connectivity index (χ1) is 8.27. The largest absolute Gasteiger partial charge is 0.491 e. The van der Waals surface area contributed by atoms with E-state index in [1.807, 2.05) is 27.7 Å². The first kappa shape index (κ1) is 15.2. The van der Waals surface area contributed by atoms with E-state index < -0.39 is 12.7 Å². The Labute approximate surface area is 113 Å². The van der Waals surface area contributed by atoms with Crippen molar-refractivity contribution in [3.63, 3.8) is 0 Å². The van der Waals surface area contributed by atoms with Gasteiger partial charge in [-0.1, -0.05) is 37.6 Å². The zero-order valence-corrected chi connectivity index (χ0v) is 11.9. The summed E-state index contributed by atoms with van der Waals surface area (Å²) in [7, 11) is -1.05. The average Bonchev–Trinajstić information content (AvgIpc) is 2.28. The molecule has 5 heteroatoms. The Hall–Kier alpha value is -0.835. The molecule has 0 saturated carbocycles. The fourth-order valence-electron chi connectivity index (χ4n) is 1.28. The van der Waals surface area contributed by atoms with E-state index in [4.69, 9.17) is 16.3 Å². The van der Waals surface area contributed by atoms with Gasteiger partial charge in [0.05, 0.1) is 10.6 Å². The number of aldehydes is 1. The van der Waals surface area contributed by atoms with E-state index in [2.05, 4.69) is 0 Å². The molecule has 0 aliphatic rings. The van der Waals surface area contributed by atoms with Crippen LogP contribution in [0, 0.1) is 5.92 Å². The molecule has 1 rings (SSSR count). The number of halogens is 1. The third-order valence-electron chi connectivity index (χ3n) is 3.24. The molecule has 0 radical (unpaired) electrons. The van der Waals surface area contributed by atoms with E-state index in [0.717, 1.165) is 0 Å². The normalized spacial score (nSPS) is 11.7. The summed E-state index contributed by atoms with van der Waals surface area (Å²) < 4.78 is 5.62. The molecule has 0 spiro atoms. The van der Waals surface area contributed by atoms with Crippen LogP contribution in [0.5, 0.6) is 0 Å². The molecule has 1 aromatic rings. The second-order valence-corrected chi connectivity index (χ2v) is 5.53. The molecule has 0 heterocycles. The maximum atomic E-state index is 10.6. The fourth-order valence-corrected chi connectivity index (χ4v) is 1.52. The molecule has 1 N–H and O–H groups in total. The highest BCUT2D eigenvalue weighted by Crippen LogP contribution is 2.21. The van der Waals surface area contributed by atoms with Gasteiger partial charge >= 0.3 is 7.12 Å². The number of rotatable bonds is 5. The summed E-state index contributed by atoms with van der Waals surface area (Å²) >= 11 is 5.91. The van der Waals surface area contributed by atoms with Gasteiger partial charge in [0.25, 0.3) is 0 Å². The lowest BCUT2D eigenvalue weighted by Gasteiger charge is -2.31. The van der Waals surface area contributed by atoms with Crippen LogP contribution in [-0.2, 0) is 4.65 Å². The van der Waals surface area contributed by atoms with Crippen LogP contribution in [-0.4, -0.2) is 24.0 Å². The van der Waals surface area contributed by atoms with Crippen molar-refractivity contribution in [3.8, 4) is 0 Å². The Balaban J connectivity index is 2.88. The number of carbonyl (C=O) groups is 1. The fraction of sp³-hybridized carbons (Fsp3) is 0.462. The van der Waals surface area contributed by atoms with Gasteiger partial charge in [0.1, 0.15) is 0 Å². The van der Waals surface area contributed by atoms with Crippen LogP contribution in [0.15, 0.2) is 18.2 Å². The van der Waals surface area contributed by atoms with Gasteiger partial charge in [-0.05, 0) is 31.3 Å². The molecule has 1 aromatic carbocycles. The Morgan fingerprint density at radius 2 is 2.06 bits per heavy atom. The smallest absolute Gasteiger partial charge is 0.423 e. The van der Waals surface area contributed by atoms with Gasteiger partial charge in [-0.25, -0.2) is 0 Å². The van der Waals surface area contributed by atoms with Crippen molar-refractivity contribution in [1.29, 1.82) is 0 Å². The molecule has 0 aromatic heterocycles. The molecule has 0 fully saturated rings. The minimum Gasteiger partial charge on any atom is -0.423 e. The van der Waals surface area contributed by atoms with Crippen molar-refractivity contribution in [1.82, 2.24) is 0 Å². The SMILES string of the molecule is CC(C)C(C)(C)OB(O)c1ccc(C=O)c(Cl)c1. The lowest BCUT2D eigenvalue weighted by atomic mass is 9.77. The molecule has 3 nitrogen and oxygen atoms in total. The van der Waals surface area contributed by atoms with Gasteiger partial charge in [0, 0.05) is 5.56 Å². The summed E-state index contributed by atoms with van der Waals surface area (Å²) in [6.45, 7) is 7.88. The number of hydrogen-bond acceptors (Lipinski definition) is 3. The lowest BCUT2D eigenvalue weighted by Crippen LogP contribution is -2.44. The number of benzene rings is 1. The summed E-state index contributed by atoms with van der Waals surface area (Å²) in [6, 6.07) is 4.75. The van der Waals surface area contributed by atoms with Crippen LogP contribution in [0.4, 0.5) is 0 Å². The zero-order valence-electron chi connectivity index (χ0n) is 11.1. The number of hydrogen-bond donors (Lipinski definition) is 1. The predicted octanol–water partition coefficient (Wildman–Crippen LogP) is 2.29.